The molecule has 1 aromatic carbocycles. The van der Waals surface area contributed by atoms with Crippen LogP contribution in [0.4, 0.5) is 5.13 Å². The van der Waals surface area contributed by atoms with Gasteiger partial charge >= 0.3 is 0 Å². The molecule has 0 atom stereocenters. The van der Waals surface area contributed by atoms with Crippen LogP contribution < -0.4 is 5.32 Å². The van der Waals surface area contributed by atoms with Gasteiger partial charge in [0.05, 0.1) is 17.0 Å². The Kier molecular flexibility index (Phi) is 5.75. The molecule has 2 amide bonds. The number of thiazole rings is 1. The van der Waals surface area contributed by atoms with Crippen molar-refractivity contribution in [3.8, 4) is 0 Å². The Bertz CT molecular complexity index is 763. The monoisotopic (exact) mass is 375 g/mol. The van der Waals surface area contributed by atoms with Crippen molar-refractivity contribution in [3.05, 3.63) is 40.4 Å². The molecule has 1 N–H and O–H groups in total. The van der Waals surface area contributed by atoms with E-state index in [4.69, 9.17) is 0 Å². The number of carbonyl (C=O) groups is 2. The topological polar surface area (TPSA) is 62.3 Å². The maximum Gasteiger partial charge on any atom is 0.258 e. The van der Waals surface area contributed by atoms with Gasteiger partial charge in [-0.1, -0.05) is 12.1 Å². The Balaban J connectivity index is 1.67. The van der Waals surface area contributed by atoms with Gasteiger partial charge in [-0.05, 0) is 38.8 Å². The Labute approximate surface area is 155 Å². The van der Waals surface area contributed by atoms with E-state index in [1.54, 1.807) is 6.07 Å². The van der Waals surface area contributed by atoms with E-state index < -0.39 is 0 Å². The van der Waals surface area contributed by atoms with Crippen molar-refractivity contribution in [3.63, 3.8) is 0 Å². The van der Waals surface area contributed by atoms with Crippen molar-refractivity contribution in [2.45, 2.75) is 31.6 Å². The van der Waals surface area contributed by atoms with E-state index in [9.17, 15) is 9.59 Å². The number of anilines is 1. The van der Waals surface area contributed by atoms with Gasteiger partial charge in [0, 0.05) is 22.9 Å². The van der Waals surface area contributed by atoms with Gasteiger partial charge in [-0.25, -0.2) is 4.98 Å². The summed E-state index contributed by atoms with van der Waals surface area (Å²) in [5, 5.41) is 3.47. The van der Waals surface area contributed by atoms with Crippen LogP contribution in [0.25, 0.3) is 0 Å². The third-order valence-electron chi connectivity index (χ3n) is 4.19. The number of benzene rings is 1. The Hall–Kier alpha value is -1.86. The largest absolute Gasteiger partial charge is 0.342 e. The van der Waals surface area contributed by atoms with Gasteiger partial charge in [-0.15, -0.1) is 23.1 Å². The molecule has 1 saturated heterocycles. The second kappa shape index (κ2) is 8.01. The summed E-state index contributed by atoms with van der Waals surface area (Å²) in [7, 11) is 0. The van der Waals surface area contributed by atoms with Crippen LogP contribution >= 0.6 is 23.1 Å². The second-order valence-corrected chi connectivity index (χ2v) is 8.21. The van der Waals surface area contributed by atoms with Crippen molar-refractivity contribution >= 4 is 40.0 Å². The lowest BCUT2D eigenvalue weighted by Gasteiger charge is -2.15. The number of rotatable bonds is 5. The highest BCUT2D eigenvalue weighted by Crippen LogP contribution is 2.26. The van der Waals surface area contributed by atoms with Crippen molar-refractivity contribution in [1.29, 1.82) is 0 Å². The number of hydrogen-bond acceptors (Lipinski definition) is 5. The molecule has 1 fully saturated rings. The molecule has 3 rings (SSSR count). The van der Waals surface area contributed by atoms with Gasteiger partial charge in [-0.3, -0.25) is 14.9 Å². The lowest BCUT2D eigenvalue weighted by molar-refractivity contribution is -0.127. The minimum Gasteiger partial charge on any atom is -0.342 e. The van der Waals surface area contributed by atoms with E-state index in [2.05, 4.69) is 10.3 Å². The van der Waals surface area contributed by atoms with Crippen LogP contribution in [-0.2, 0) is 4.79 Å². The number of nitrogens with one attached hydrogen (secondary N) is 1. The van der Waals surface area contributed by atoms with E-state index in [1.165, 1.54) is 23.1 Å². The Morgan fingerprint density at radius 1 is 1.24 bits per heavy atom. The Morgan fingerprint density at radius 3 is 2.64 bits per heavy atom. The predicted molar refractivity (Wildman–Crippen MR) is 103 cm³/mol. The molecule has 5 nitrogen and oxygen atoms in total. The minimum atomic E-state index is -0.189. The number of nitrogens with zero attached hydrogens (tertiary/aromatic N) is 2. The minimum absolute atomic E-state index is 0.142. The lowest BCUT2D eigenvalue weighted by atomic mass is 10.2. The molecule has 0 unspecified atom stereocenters. The van der Waals surface area contributed by atoms with Gasteiger partial charge in [0.25, 0.3) is 5.91 Å². The SMILES string of the molecule is Cc1nc(NC(=O)c2ccccc2SCC(=O)N2CCCC2)sc1C. The summed E-state index contributed by atoms with van der Waals surface area (Å²) in [5.74, 6) is 0.314. The molecular weight excluding hydrogens is 354 g/mol. The number of thioether (sulfide) groups is 1. The zero-order valence-electron chi connectivity index (χ0n) is 14.4. The van der Waals surface area contributed by atoms with Gasteiger partial charge < -0.3 is 4.90 Å². The molecule has 0 radical (unpaired) electrons. The van der Waals surface area contributed by atoms with Gasteiger partial charge in [-0.2, -0.15) is 0 Å². The van der Waals surface area contributed by atoms with Crippen LogP contribution in [0.2, 0.25) is 0 Å². The number of aromatic nitrogens is 1. The average Bonchev–Trinajstić information content (AvgIpc) is 3.23. The summed E-state index contributed by atoms with van der Waals surface area (Å²) >= 11 is 2.89. The molecule has 1 aliphatic heterocycles. The molecule has 132 valence electrons. The molecule has 7 heteroatoms. The first-order valence-electron chi connectivity index (χ1n) is 8.29. The number of hydrogen-bond donors (Lipinski definition) is 1. The number of likely N-dealkylation sites (tertiary alicyclic amines) is 1. The standard InChI is InChI=1S/C18H21N3O2S2/c1-12-13(2)25-18(19-12)20-17(23)14-7-3-4-8-15(14)24-11-16(22)21-9-5-6-10-21/h3-4,7-8H,5-6,9-11H2,1-2H3,(H,19,20,23). The van der Waals surface area contributed by atoms with Gasteiger partial charge in [0.1, 0.15) is 0 Å². The van der Waals surface area contributed by atoms with Crippen molar-refractivity contribution in [1.82, 2.24) is 9.88 Å². The van der Waals surface area contributed by atoms with Crippen molar-refractivity contribution in [2.75, 3.05) is 24.2 Å². The van der Waals surface area contributed by atoms with Crippen LogP contribution in [0.15, 0.2) is 29.2 Å². The first-order valence-corrected chi connectivity index (χ1v) is 10.1. The van der Waals surface area contributed by atoms with Crippen LogP contribution in [0.3, 0.4) is 0 Å². The first kappa shape index (κ1) is 17.9. The summed E-state index contributed by atoms with van der Waals surface area (Å²) in [6.45, 7) is 5.61. The van der Waals surface area contributed by atoms with E-state index in [-0.39, 0.29) is 11.8 Å². The molecule has 0 bridgehead atoms. The highest BCUT2D eigenvalue weighted by Gasteiger charge is 2.19. The molecule has 0 aliphatic carbocycles. The van der Waals surface area contributed by atoms with Gasteiger partial charge in [0.15, 0.2) is 5.13 Å². The van der Waals surface area contributed by atoms with Crippen LogP contribution in [-0.4, -0.2) is 40.5 Å². The zero-order chi connectivity index (χ0) is 17.8. The normalized spacial score (nSPS) is 13.9. The van der Waals surface area contributed by atoms with E-state index in [0.29, 0.717) is 16.4 Å². The summed E-state index contributed by atoms with van der Waals surface area (Å²) in [6, 6.07) is 7.39. The average molecular weight is 376 g/mol. The summed E-state index contributed by atoms with van der Waals surface area (Å²) in [6.07, 6.45) is 2.17. The van der Waals surface area contributed by atoms with Crippen molar-refractivity contribution < 1.29 is 9.59 Å². The summed E-state index contributed by atoms with van der Waals surface area (Å²) in [4.78, 5) is 33.0. The molecule has 2 aromatic rings. The van der Waals surface area contributed by atoms with E-state index >= 15 is 0 Å². The van der Waals surface area contributed by atoms with Crippen LogP contribution in [0, 0.1) is 13.8 Å². The number of amides is 2. The molecule has 1 aliphatic rings. The fourth-order valence-corrected chi connectivity index (χ4v) is 4.43. The fourth-order valence-electron chi connectivity index (χ4n) is 2.67. The lowest BCUT2D eigenvalue weighted by Crippen LogP contribution is -2.29. The maximum absolute atomic E-state index is 12.6. The highest BCUT2D eigenvalue weighted by molar-refractivity contribution is 8.00. The van der Waals surface area contributed by atoms with Gasteiger partial charge in [0.2, 0.25) is 5.91 Å². The summed E-state index contributed by atoms with van der Waals surface area (Å²) < 4.78 is 0. The maximum atomic E-state index is 12.6. The fraction of sp³-hybridized carbons (Fsp3) is 0.389. The molecule has 1 aromatic heterocycles. The quantitative estimate of drug-likeness (QED) is 0.809. The first-order chi connectivity index (χ1) is 12.0. The molecule has 0 saturated carbocycles. The summed E-state index contributed by atoms with van der Waals surface area (Å²) in [5.41, 5.74) is 1.51. The van der Waals surface area contributed by atoms with E-state index in [0.717, 1.165) is 41.4 Å². The van der Waals surface area contributed by atoms with Crippen LogP contribution in [0.1, 0.15) is 33.8 Å². The number of aryl methyl sites for hydroxylation is 2. The molecule has 2 heterocycles. The highest BCUT2D eigenvalue weighted by atomic mass is 32.2. The predicted octanol–water partition coefficient (Wildman–Crippen LogP) is 3.73. The third-order valence-corrected chi connectivity index (χ3v) is 6.24. The Morgan fingerprint density at radius 2 is 1.96 bits per heavy atom. The zero-order valence-corrected chi connectivity index (χ0v) is 16.0. The molecule has 25 heavy (non-hydrogen) atoms. The van der Waals surface area contributed by atoms with Crippen LogP contribution in [0.5, 0.6) is 0 Å². The molecule has 0 spiro atoms. The van der Waals surface area contributed by atoms with Crippen molar-refractivity contribution in [2.24, 2.45) is 0 Å². The third kappa shape index (κ3) is 4.41. The van der Waals surface area contributed by atoms with E-state index in [1.807, 2.05) is 36.9 Å². The smallest absolute Gasteiger partial charge is 0.258 e. The molecular formula is C18H21N3O2S2. The number of carbonyl (C=O) groups excluding carboxylic acids is 2. The second-order valence-electron chi connectivity index (χ2n) is 5.99.